The standard InChI is InChI=1S/C35H37N7OS/c1-22-26(8-5-10-28(22)35-39-30-19-42(20-31(30)44-35)32(43)21-40(3)4)27-9-6-11-29(23(27)2)38-34-33-25(12-13-36-34)16-24(17-37-33)18-41-14-7-15-41/h5-6,8-13,16-17H,7,14-15,18-21H2,1-4H3,(H,36,38). The average Bonchev–Trinajstić information content (AvgIpc) is 3.56. The number of nitrogens with one attached hydrogen (secondary N) is 1. The number of thiazole rings is 1. The molecule has 1 N–H and O–H groups in total. The van der Waals surface area contributed by atoms with Gasteiger partial charge in [0, 0.05) is 40.5 Å². The van der Waals surface area contributed by atoms with Crippen LogP contribution < -0.4 is 5.32 Å². The number of hydrogen-bond donors (Lipinski definition) is 1. The van der Waals surface area contributed by atoms with Gasteiger partial charge in [-0.25, -0.2) is 9.97 Å². The van der Waals surface area contributed by atoms with Crippen LogP contribution in [0.5, 0.6) is 0 Å². The molecule has 44 heavy (non-hydrogen) atoms. The maximum atomic E-state index is 12.6. The Labute approximate surface area is 262 Å². The van der Waals surface area contributed by atoms with Crippen LogP contribution in [-0.2, 0) is 24.4 Å². The molecule has 8 nitrogen and oxygen atoms in total. The van der Waals surface area contributed by atoms with Crippen molar-refractivity contribution >= 4 is 39.7 Å². The van der Waals surface area contributed by atoms with E-state index in [1.54, 1.807) is 11.3 Å². The summed E-state index contributed by atoms with van der Waals surface area (Å²) in [7, 11) is 3.84. The van der Waals surface area contributed by atoms with Crippen molar-refractivity contribution in [1.29, 1.82) is 0 Å². The molecule has 0 spiro atoms. The van der Waals surface area contributed by atoms with Crippen molar-refractivity contribution in [3.8, 4) is 21.7 Å². The fraction of sp³-hybridized carbons (Fsp3) is 0.314. The molecule has 0 radical (unpaired) electrons. The average molecular weight is 604 g/mol. The lowest BCUT2D eigenvalue weighted by Gasteiger charge is -2.30. The second-order valence-corrected chi connectivity index (χ2v) is 13.2. The highest BCUT2D eigenvalue weighted by Gasteiger charge is 2.28. The topological polar surface area (TPSA) is 77.5 Å². The Balaban J connectivity index is 1.14. The highest BCUT2D eigenvalue weighted by atomic mass is 32.1. The number of benzene rings is 2. The Morgan fingerprint density at radius 2 is 1.75 bits per heavy atom. The molecule has 2 aliphatic rings. The molecule has 0 atom stereocenters. The van der Waals surface area contributed by atoms with Gasteiger partial charge in [-0.05, 0) is 93.5 Å². The summed E-state index contributed by atoms with van der Waals surface area (Å²) in [6, 6.07) is 17.1. The normalized spacial score (nSPS) is 14.7. The summed E-state index contributed by atoms with van der Waals surface area (Å²) >= 11 is 1.70. The molecular weight excluding hydrogens is 567 g/mol. The second-order valence-electron chi connectivity index (χ2n) is 12.2. The Bertz CT molecular complexity index is 1850. The van der Waals surface area contributed by atoms with Gasteiger partial charge in [0.05, 0.1) is 25.3 Å². The molecule has 0 bridgehead atoms. The summed E-state index contributed by atoms with van der Waals surface area (Å²) < 4.78 is 0. The van der Waals surface area contributed by atoms with Gasteiger partial charge in [0.15, 0.2) is 5.82 Å². The SMILES string of the molecule is Cc1c(Nc2nccc3cc(CN4CCC4)cnc23)cccc1-c1cccc(-c2nc3c(s2)CN(C(=O)CN(C)C)C3)c1C. The molecule has 7 rings (SSSR count). The number of rotatable bonds is 8. The Hall–Kier alpha value is -4.18. The van der Waals surface area contributed by atoms with E-state index < -0.39 is 0 Å². The number of amides is 1. The van der Waals surface area contributed by atoms with Crippen molar-refractivity contribution < 1.29 is 4.79 Å². The van der Waals surface area contributed by atoms with Crippen molar-refractivity contribution in [3.63, 3.8) is 0 Å². The number of anilines is 2. The van der Waals surface area contributed by atoms with E-state index >= 15 is 0 Å². The number of likely N-dealkylation sites (N-methyl/N-ethyl adjacent to an activating group) is 1. The molecule has 0 saturated carbocycles. The van der Waals surface area contributed by atoms with Crippen molar-refractivity contribution in [3.05, 3.63) is 88.2 Å². The molecule has 2 aromatic carbocycles. The summed E-state index contributed by atoms with van der Waals surface area (Å²) in [4.78, 5) is 34.5. The van der Waals surface area contributed by atoms with Crippen LogP contribution in [0.4, 0.5) is 11.5 Å². The third-order valence-electron chi connectivity index (χ3n) is 8.71. The molecule has 9 heteroatoms. The quantitative estimate of drug-likeness (QED) is 0.220. The first kappa shape index (κ1) is 28.6. The molecule has 1 fully saturated rings. The molecule has 2 aliphatic heterocycles. The molecule has 5 heterocycles. The summed E-state index contributed by atoms with van der Waals surface area (Å²) in [5.41, 5.74) is 9.98. The summed E-state index contributed by atoms with van der Waals surface area (Å²) in [6.07, 6.45) is 5.13. The van der Waals surface area contributed by atoms with Gasteiger partial charge in [-0.1, -0.05) is 30.3 Å². The zero-order valence-electron chi connectivity index (χ0n) is 25.7. The van der Waals surface area contributed by atoms with E-state index in [-0.39, 0.29) is 5.91 Å². The number of aromatic nitrogens is 3. The number of likely N-dealkylation sites (tertiary alicyclic amines) is 1. The first-order valence-electron chi connectivity index (χ1n) is 15.2. The Morgan fingerprint density at radius 1 is 0.977 bits per heavy atom. The van der Waals surface area contributed by atoms with E-state index in [1.807, 2.05) is 42.4 Å². The number of carbonyl (C=O) groups is 1. The van der Waals surface area contributed by atoms with Crippen LogP contribution in [0.3, 0.4) is 0 Å². The third kappa shape index (κ3) is 5.47. The zero-order chi connectivity index (χ0) is 30.4. The van der Waals surface area contributed by atoms with E-state index in [2.05, 4.69) is 71.5 Å². The van der Waals surface area contributed by atoms with Crippen LogP contribution in [0.2, 0.25) is 0 Å². The van der Waals surface area contributed by atoms with Gasteiger partial charge in [-0.3, -0.25) is 14.7 Å². The third-order valence-corrected chi connectivity index (χ3v) is 9.83. The first-order chi connectivity index (χ1) is 21.3. The fourth-order valence-corrected chi connectivity index (χ4v) is 7.30. The van der Waals surface area contributed by atoms with E-state index in [9.17, 15) is 4.79 Å². The number of pyridine rings is 2. The first-order valence-corrected chi connectivity index (χ1v) is 16.0. The van der Waals surface area contributed by atoms with Gasteiger partial charge < -0.3 is 15.1 Å². The van der Waals surface area contributed by atoms with E-state index in [1.165, 1.54) is 46.6 Å². The number of carbonyl (C=O) groups excluding carboxylic acids is 1. The summed E-state index contributed by atoms with van der Waals surface area (Å²) in [6.45, 7) is 9.27. The molecular formula is C35H37N7OS. The molecule has 224 valence electrons. The Morgan fingerprint density at radius 3 is 2.50 bits per heavy atom. The highest BCUT2D eigenvalue weighted by molar-refractivity contribution is 7.15. The van der Waals surface area contributed by atoms with Crippen LogP contribution in [0, 0.1) is 13.8 Å². The maximum Gasteiger partial charge on any atom is 0.237 e. The fourth-order valence-electron chi connectivity index (χ4n) is 6.13. The minimum atomic E-state index is 0.144. The van der Waals surface area contributed by atoms with Crippen LogP contribution in [0.25, 0.3) is 32.6 Å². The van der Waals surface area contributed by atoms with E-state index in [0.29, 0.717) is 19.6 Å². The van der Waals surface area contributed by atoms with E-state index in [4.69, 9.17) is 9.97 Å². The summed E-state index contributed by atoms with van der Waals surface area (Å²) in [5.74, 6) is 0.907. The van der Waals surface area contributed by atoms with Crippen molar-refractivity contribution in [2.24, 2.45) is 0 Å². The van der Waals surface area contributed by atoms with Crippen LogP contribution in [0.1, 0.15) is 33.7 Å². The molecule has 5 aromatic rings. The minimum Gasteiger partial charge on any atom is -0.338 e. The van der Waals surface area contributed by atoms with Gasteiger partial charge in [0.1, 0.15) is 10.5 Å². The van der Waals surface area contributed by atoms with Crippen LogP contribution in [-0.4, -0.2) is 69.3 Å². The van der Waals surface area contributed by atoms with Crippen LogP contribution in [0.15, 0.2) is 60.9 Å². The van der Waals surface area contributed by atoms with Crippen molar-refractivity contribution in [2.45, 2.75) is 39.9 Å². The monoisotopic (exact) mass is 603 g/mol. The lowest BCUT2D eigenvalue weighted by Crippen LogP contribution is -2.36. The van der Waals surface area contributed by atoms with Gasteiger partial charge >= 0.3 is 0 Å². The highest BCUT2D eigenvalue weighted by Crippen LogP contribution is 2.40. The molecule has 0 aliphatic carbocycles. The van der Waals surface area contributed by atoms with Crippen molar-refractivity contribution in [1.82, 2.24) is 29.7 Å². The molecule has 3 aromatic heterocycles. The molecule has 1 amide bonds. The van der Waals surface area contributed by atoms with E-state index in [0.717, 1.165) is 50.8 Å². The summed E-state index contributed by atoms with van der Waals surface area (Å²) in [5, 5.41) is 5.71. The van der Waals surface area contributed by atoms with Crippen molar-refractivity contribution in [2.75, 3.05) is 39.0 Å². The second kappa shape index (κ2) is 11.7. The molecule has 1 saturated heterocycles. The Kier molecular flexibility index (Phi) is 7.62. The van der Waals surface area contributed by atoms with Gasteiger partial charge in [0.25, 0.3) is 0 Å². The predicted octanol–water partition coefficient (Wildman–Crippen LogP) is 6.39. The molecule has 0 unspecified atom stereocenters. The lowest BCUT2D eigenvalue weighted by molar-refractivity contribution is -0.132. The van der Waals surface area contributed by atoms with Gasteiger partial charge in [-0.2, -0.15) is 0 Å². The minimum absolute atomic E-state index is 0.144. The zero-order valence-corrected chi connectivity index (χ0v) is 26.5. The predicted molar refractivity (Wildman–Crippen MR) is 178 cm³/mol. The number of hydrogen-bond acceptors (Lipinski definition) is 8. The lowest BCUT2D eigenvalue weighted by atomic mass is 9.93. The van der Waals surface area contributed by atoms with Crippen LogP contribution >= 0.6 is 11.3 Å². The van der Waals surface area contributed by atoms with Gasteiger partial charge in [-0.15, -0.1) is 11.3 Å². The smallest absolute Gasteiger partial charge is 0.237 e. The number of nitrogens with zero attached hydrogens (tertiary/aromatic N) is 6. The maximum absolute atomic E-state index is 12.6. The van der Waals surface area contributed by atoms with Gasteiger partial charge in [0.2, 0.25) is 5.91 Å². The number of fused-ring (bicyclic) bond motifs is 2. The largest absolute Gasteiger partial charge is 0.338 e.